The van der Waals surface area contributed by atoms with Crippen molar-refractivity contribution in [1.82, 2.24) is 9.55 Å². The second-order valence-corrected chi connectivity index (χ2v) is 7.00. The largest absolute Gasteiger partial charge is 0.457 e. The van der Waals surface area contributed by atoms with Crippen molar-refractivity contribution in [1.29, 1.82) is 0 Å². The highest BCUT2D eigenvalue weighted by Crippen LogP contribution is 2.20. The van der Waals surface area contributed by atoms with Crippen LogP contribution >= 0.6 is 0 Å². The van der Waals surface area contributed by atoms with Crippen LogP contribution < -0.4 is 11.4 Å². The number of aromatic nitrogens is 2. The smallest absolute Gasteiger partial charge is 0.351 e. The predicted octanol–water partition coefficient (Wildman–Crippen LogP) is 2.68. The van der Waals surface area contributed by atoms with E-state index in [9.17, 15) is 9.59 Å². The molecule has 2 atom stereocenters. The lowest BCUT2D eigenvalue weighted by Gasteiger charge is -2.13. The minimum atomic E-state index is -0.744. The van der Waals surface area contributed by atoms with Crippen molar-refractivity contribution in [3.8, 4) is 0 Å². The van der Waals surface area contributed by atoms with E-state index < -0.39 is 24.2 Å². The van der Waals surface area contributed by atoms with E-state index in [-0.39, 0.29) is 19.0 Å². The van der Waals surface area contributed by atoms with Gasteiger partial charge >= 0.3 is 11.7 Å². The van der Waals surface area contributed by atoms with Crippen molar-refractivity contribution in [3.05, 3.63) is 58.1 Å². The summed E-state index contributed by atoms with van der Waals surface area (Å²) in [7, 11) is 0. The average Bonchev–Trinajstić information content (AvgIpc) is 3.18. The van der Waals surface area contributed by atoms with Crippen molar-refractivity contribution < 1.29 is 19.0 Å². The van der Waals surface area contributed by atoms with Gasteiger partial charge in [0.05, 0.1) is 12.2 Å². The van der Waals surface area contributed by atoms with E-state index in [2.05, 4.69) is 11.9 Å². The van der Waals surface area contributed by atoms with Crippen LogP contribution in [0.3, 0.4) is 0 Å². The number of rotatable bonds is 9. The molecule has 1 fully saturated rings. The number of hydrogen-bond acceptors (Lipinski definition) is 7. The number of aryl methyl sites for hydroxylation is 1. The van der Waals surface area contributed by atoms with Crippen LogP contribution in [0.5, 0.6) is 0 Å². The first-order chi connectivity index (χ1) is 14.1. The number of unbranched alkanes of at least 4 members (excludes halogenated alkanes) is 3. The SMILES string of the molecule is CCCCCCc1ccc(C(=O)OCC2OCC(n3ccc(N)nc3=O)O2)cc1. The summed E-state index contributed by atoms with van der Waals surface area (Å²) in [6.45, 7) is 2.28. The average molecular weight is 401 g/mol. The van der Waals surface area contributed by atoms with E-state index in [0.717, 1.165) is 12.8 Å². The molecule has 3 rings (SSSR count). The summed E-state index contributed by atoms with van der Waals surface area (Å²) in [6.07, 6.45) is 5.98. The summed E-state index contributed by atoms with van der Waals surface area (Å²) in [5, 5.41) is 0. The van der Waals surface area contributed by atoms with Gasteiger partial charge < -0.3 is 19.9 Å². The van der Waals surface area contributed by atoms with E-state index in [4.69, 9.17) is 19.9 Å². The third-order valence-corrected chi connectivity index (χ3v) is 4.75. The van der Waals surface area contributed by atoms with Gasteiger partial charge in [-0.3, -0.25) is 4.57 Å². The van der Waals surface area contributed by atoms with Crippen LogP contribution in [0.1, 0.15) is 54.8 Å². The normalized spacial score (nSPS) is 18.7. The molecule has 2 heterocycles. The Kier molecular flexibility index (Phi) is 7.37. The van der Waals surface area contributed by atoms with Crippen LogP contribution in [-0.4, -0.2) is 35.0 Å². The molecule has 1 saturated heterocycles. The van der Waals surface area contributed by atoms with Crippen LogP contribution in [0.4, 0.5) is 5.82 Å². The van der Waals surface area contributed by atoms with Crippen molar-refractivity contribution in [2.75, 3.05) is 18.9 Å². The van der Waals surface area contributed by atoms with E-state index >= 15 is 0 Å². The molecule has 0 spiro atoms. The van der Waals surface area contributed by atoms with Gasteiger partial charge in [-0.1, -0.05) is 38.3 Å². The predicted molar refractivity (Wildman–Crippen MR) is 107 cm³/mol. The number of anilines is 1. The van der Waals surface area contributed by atoms with Gasteiger partial charge in [0.15, 0.2) is 12.5 Å². The van der Waals surface area contributed by atoms with E-state index in [1.54, 1.807) is 12.1 Å². The third kappa shape index (κ3) is 5.88. The fourth-order valence-corrected chi connectivity index (χ4v) is 3.11. The number of nitrogens with two attached hydrogens (primary N) is 1. The summed E-state index contributed by atoms with van der Waals surface area (Å²) in [4.78, 5) is 27.8. The van der Waals surface area contributed by atoms with Gasteiger partial charge in [-0.25, -0.2) is 9.59 Å². The molecule has 0 amide bonds. The van der Waals surface area contributed by atoms with E-state index in [1.165, 1.54) is 41.7 Å². The fourth-order valence-electron chi connectivity index (χ4n) is 3.11. The molecule has 156 valence electrons. The van der Waals surface area contributed by atoms with Gasteiger partial charge in [0.1, 0.15) is 12.4 Å². The van der Waals surface area contributed by atoms with E-state index in [1.807, 2.05) is 12.1 Å². The highest BCUT2D eigenvalue weighted by atomic mass is 16.7. The molecule has 8 nitrogen and oxygen atoms in total. The lowest BCUT2D eigenvalue weighted by atomic mass is 10.0. The van der Waals surface area contributed by atoms with Crippen LogP contribution in [0, 0.1) is 0 Å². The van der Waals surface area contributed by atoms with Gasteiger partial charge in [0.2, 0.25) is 0 Å². The number of carbonyl (C=O) groups excluding carboxylic acids is 1. The van der Waals surface area contributed by atoms with Gasteiger partial charge in [-0.15, -0.1) is 0 Å². The Balaban J connectivity index is 1.45. The first-order valence-electron chi connectivity index (χ1n) is 9.94. The minimum Gasteiger partial charge on any atom is -0.457 e. The first kappa shape index (κ1) is 21.0. The molecule has 2 aromatic rings. The summed E-state index contributed by atoms with van der Waals surface area (Å²) >= 11 is 0. The molecule has 2 N–H and O–H groups in total. The standard InChI is InChI=1S/C21H27N3O5/c1-2-3-4-5-6-15-7-9-16(10-8-15)20(25)28-14-19-27-13-18(29-19)24-12-11-17(22)23-21(24)26/h7-12,18-19H,2-6,13-14H2,1H3,(H2,22,23,26). The molecule has 0 aliphatic carbocycles. The molecule has 0 saturated carbocycles. The number of nitrogen functional groups attached to an aromatic ring is 1. The number of hydrogen-bond donors (Lipinski definition) is 1. The molecular formula is C21H27N3O5. The number of nitrogens with zero attached hydrogens (tertiary/aromatic N) is 2. The van der Waals surface area contributed by atoms with E-state index in [0.29, 0.717) is 5.56 Å². The van der Waals surface area contributed by atoms with Gasteiger partial charge in [-0.2, -0.15) is 4.98 Å². The van der Waals surface area contributed by atoms with Gasteiger partial charge in [-0.05, 0) is 36.6 Å². The topological polar surface area (TPSA) is 106 Å². The second kappa shape index (κ2) is 10.2. The molecule has 2 unspecified atom stereocenters. The number of ether oxygens (including phenoxy) is 3. The maximum atomic E-state index is 12.2. The Morgan fingerprint density at radius 1 is 1.24 bits per heavy atom. The monoisotopic (exact) mass is 401 g/mol. The van der Waals surface area contributed by atoms with Crippen LogP contribution in [0.25, 0.3) is 0 Å². The summed E-state index contributed by atoms with van der Waals surface area (Å²) in [5.41, 5.74) is 6.65. The first-order valence-corrected chi connectivity index (χ1v) is 9.94. The summed E-state index contributed by atoms with van der Waals surface area (Å²) in [6, 6.07) is 8.97. The lowest BCUT2D eigenvalue weighted by molar-refractivity contribution is -0.103. The maximum absolute atomic E-state index is 12.2. The zero-order valence-corrected chi connectivity index (χ0v) is 16.6. The van der Waals surface area contributed by atoms with Crippen LogP contribution in [-0.2, 0) is 20.6 Å². The third-order valence-electron chi connectivity index (χ3n) is 4.75. The molecule has 0 bridgehead atoms. The van der Waals surface area contributed by atoms with Crippen LogP contribution in [0.15, 0.2) is 41.3 Å². The molecule has 8 heteroatoms. The number of benzene rings is 1. The Morgan fingerprint density at radius 3 is 2.76 bits per heavy atom. The van der Waals surface area contributed by atoms with Gasteiger partial charge in [0.25, 0.3) is 0 Å². The van der Waals surface area contributed by atoms with Crippen molar-refractivity contribution in [2.24, 2.45) is 0 Å². The van der Waals surface area contributed by atoms with Crippen molar-refractivity contribution >= 4 is 11.8 Å². The molecule has 29 heavy (non-hydrogen) atoms. The highest BCUT2D eigenvalue weighted by molar-refractivity contribution is 5.89. The zero-order valence-electron chi connectivity index (χ0n) is 16.6. The summed E-state index contributed by atoms with van der Waals surface area (Å²) in [5.74, 6) is -0.299. The highest BCUT2D eigenvalue weighted by Gasteiger charge is 2.29. The summed E-state index contributed by atoms with van der Waals surface area (Å²) < 4.78 is 17.7. The second-order valence-electron chi connectivity index (χ2n) is 7.00. The molecule has 0 radical (unpaired) electrons. The minimum absolute atomic E-state index is 0.0642. The molecule has 1 aromatic carbocycles. The Hall–Kier alpha value is -2.71. The zero-order chi connectivity index (χ0) is 20.6. The molecule has 1 aliphatic rings. The Morgan fingerprint density at radius 2 is 2.03 bits per heavy atom. The van der Waals surface area contributed by atoms with Crippen molar-refractivity contribution in [3.63, 3.8) is 0 Å². The molecule has 1 aliphatic heterocycles. The maximum Gasteiger partial charge on any atom is 0.351 e. The van der Waals surface area contributed by atoms with Gasteiger partial charge in [0, 0.05) is 6.20 Å². The molecular weight excluding hydrogens is 374 g/mol. The number of esters is 1. The lowest BCUT2D eigenvalue weighted by Crippen LogP contribution is -2.29. The van der Waals surface area contributed by atoms with Crippen molar-refractivity contribution in [2.45, 2.75) is 51.5 Å². The Labute approximate surface area is 169 Å². The fraction of sp³-hybridized carbons (Fsp3) is 0.476. The number of carbonyl (C=O) groups is 1. The molecule has 1 aromatic heterocycles. The quantitative estimate of drug-likeness (QED) is 0.509. The Bertz CT molecular complexity index is 865. The van der Waals surface area contributed by atoms with Crippen LogP contribution in [0.2, 0.25) is 0 Å².